The summed E-state index contributed by atoms with van der Waals surface area (Å²) in [7, 11) is -2.68. The zero-order chi connectivity index (χ0) is 29.4. The Hall–Kier alpha value is -3.63. The molecule has 0 spiro atoms. The normalized spacial score (nSPS) is 15.0. The van der Waals surface area contributed by atoms with Crippen LogP contribution in [0.4, 0.5) is 0 Å². The quantitative estimate of drug-likeness (QED) is 0.155. The van der Waals surface area contributed by atoms with Crippen molar-refractivity contribution in [2.24, 2.45) is 0 Å². The highest BCUT2D eigenvalue weighted by Crippen LogP contribution is 2.38. The maximum atomic E-state index is 13.2. The van der Waals surface area contributed by atoms with Crippen LogP contribution in [-0.4, -0.2) is 49.1 Å². The Morgan fingerprint density at radius 1 is 0.929 bits per heavy atom. The molecule has 5 aromatic rings. The van der Waals surface area contributed by atoms with E-state index in [2.05, 4.69) is 27.1 Å². The Kier molecular flexibility index (Phi) is 7.85. The standard InChI is InChI=1S/C31H27Cl2N3O5S/c1-40-31(37)27-12-13-28(41-27)42(38,39)36-16-14-21(15-17-36)30-25-18-22(6-11-26(25)34-35-30)29(19-2-7-23(32)8-3-19)20-4-9-24(33)10-5-20/h2-13,18,21,29H,14-17H2,1H3,(H,34,35). The number of hydrogen-bond donors (Lipinski definition) is 1. The van der Waals surface area contributed by atoms with E-state index in [9.17, 15) is 13.2 Å². The Bertz CT molecular complexity index is 1800. The average Bonchev–Trinajstić information content (AvgIpc) is 3.67. The molecule has 3 heterocycles. The molecule has 0 bridgehead atoms. The van der Waals surface area contributed by atoms with Crippen molar-refractivity contribution in [3.8, 4) is 0 Å². The minimum Gasteiger partial charge on any atom is -0.463 e. The number of methoxy groups -OCH3 is 1. The number of nitrogens with zero attached hydrogens (tertiary/aromatic N) is 2. The van der Waals surface area contributed by atoms with Crippen molar-refractivity contribution >= 4 is 50.1 Å². The van der Waals surface area contributed by atoms with Crippen LogP contribution in [-0.2, 0) is 14.8 Å². The van der Waals surface area contributed by atoms with Gasteiger partial charge in [0.25, 0.3) is 10.0 Å². The van der Waals surface area contributed by atoms with Crippen molar-refractivity contribution in [1.29, 1.82) is 0 Å². The fraction of sp³-hybridized carbons (Fsp3) is 0.226. The maximum Gasteiger partial charge on any atom is 0.374 e. The lowest BCUT2D eigenvalue weighted by atomic mass is 9.84. The van der Waals surface area contributed by atoms with Crippen LogP contribution >= 0.6 is 23.2 Å². The van der Waals surface area contributed by atoms with E-state index in [4.69, 9.17) is 27.6 Å². The molecule has 42 heavy (non-hydrogen) atoms. The van der Waals surface area contributed by atoms with Crippen LogP contribution in [0.15, 0.2) is 88.4 Å². The molecule has 0 aliphatic carbocycles. The Labute approximate surface area is 253 Å². The van der Waals surface area contributed by atoms with Crippen molar-refractivity contribution in [3.63, 3.8) is 0 Å². The molecule has 1 aliphatic heterocycles. The molecule has 0 atom stereocenters. The molecule has 0 unspecified atom stereocenters. The zero-order valence-electron chi connectivity index (χ0n) is 22.6. The van der Waals surface area contributed by atoms with Crippen LogP contribution in [0.2, 0.25) is 10.0 Å². The van der Waals surface area contributed by atoms with Gasteiger partial charge in [0, 0.05) is 40.4 Å². The average molecular weight is 625 g/mol. The Morgan fingerprint density at radius 2 is 1.52 bits per heavy atom. The summed E-state index contributed by atoms with van der Waals surface area (Å²) in [6.45, 7) is 0.598. The van der Waals surface area contributed by atoms with E-state index in [1.54, 1.807) is 0 Å². The molecule has 8 nitrogen and oxygen atoms in total. The molecule has 216 valence electrons. The minimum absolute atomic E-state index is 0.0538. The fourth-order valence-corrected chi connectivity index (χ4v) is 7.23. The second-order valence-electron chi connectivity index (χ2n) is 10.2. The number of carbonyl (C=O) groups is 1. The van der Waals surface area contributed by atoms with Gasteiger partial charge < -0.3 is 9.15 Å². The first kappa shape index (κ1) is 28.5. The highest BCUT2D eigenvalue weighted by atomic mass is 35.5. The highest BCUT2D eigenvalue weighted by Gasteiger charge is 2.34. The number of hydrogen-bond acceptors (Lipinski definition) is 6. The molecule has 1 saturated heterocycles. The summed E-state index contributed by atoms with van der Waals surface area (Å²) >= 11 is 12.4. The third kappa shape index (κ3) is 5.45. The summed E-state index contributed by atoms with van der Waals surface area (Å²) in [5.41, 5.74) is 5.12. The molecular weight excluding hydrogens is 597 g/mol. The second-order valence-corrected chi connectivity index (χ2v) is 13.0. The van der Waals surface area contributed by atoms with Gasteiger partial charge >= 0.3 is 5.97 Å². The minimum atomic E-state index is -3.89. The van der Waals surface area contributed by atoms with E-state index in [1.165, 1.54) is 23.5 Å². The van der Waals surface area contributed by atoms with Gasteiger partial charge in [-0.3, -0.25) is 5.10 Å². The molecule has 1 aliphatic rings. The maximum absolute atomic E-state index is 13.2. The summed E-state index contributed by atoms with van der Waals surface area (Å²) in [4.78, 5) is 11.7. The molecule has 11 heteroatoms. The lowest BCUT2D eigenvalue weighted by molar-refractivity contribution is 0.0558. The van der Waals surface area contributed by atoms with Crippen molar-refractivity contribution in [3.05, 3.63) is 117 Å². The molecule has 0 radical (unpaired) electrons. The largest absolute Gasteiger partial charge is 0.463 e. The lowest BCUT2D eigenvalue weighted by Gasteiger charge is -2.29. The third-order valence-corrected chi connectivity index (χ3v) is 10.0. The molecule has 2 aromatic heterocycles. The highest BCUT2D eigenvalue weighted by molar-refractivity contribution is 7.89. The van der Waals surface area contributed by atoms with Gasteiger partial charge in [-0.05, 0) is 78.1 Å². The van der Waals surface area contributed by atoms with Gasteiger partial charge in [-0.1, -0.05) is 53.5 Å². The van der Waals surface area contributed by atoms with Crippen LogP contribution < -0.4 is 0 Å². The van der Waals surface area contributed by atoms with Gasteiger partial charge in [0.1, 0.15) is 0 Å². The number of piperidine rings is 1. The second kappa shape index (κ2) is 11.6. The number of ether oxygens (including phenoxy) is 1. The van der Waals surface area contributed by atoms with Crippen LogP contribution in [0.1, 0.15) is 57.6 Å². The van der Waals surface area contributed by atoms with Crippen molar-refractivity contribution < 1.29 is 22.4 Å². The van der Waals surface area contributed by atoms with Crippen molar-refractivity contribution in [2.75, 3.05) is 20.2 Å². The van der Waals surface area contributed by atoms with Gasteiger partial charge in [-0.15, -0.1) is 0 Å². The van der Waals surface area contributed by atoms with Gasteiger partial charge in [0.05, 0.1) is 18.3 Å². The van der Waals surface area contributed by atoms with Gasteiger partial charge in [0.15, 0.2) is 0 Å². The number of aromatic nitrogens is 2. The van der Waals surface area contributed by atoms with E-state index >= 15 is 0 Å². The predicted molar refractivity (Wildman–Crippen MR) is 161 cm³/mol. The summed E-state index contributed by atoms with van der Waals surface area (Å²) in [6, 6.07) is 24.6. The first-order chi connectivity index (χ1) is 20.2. The smallest absolute Gasteiger partial charge is 0.374 e. The third-order valence-electron chi connectivity index (χ3n) is 7.76. The van der Waals surface area contributed by atoms with Crippen molar-refractivity contribution in [2.45, 2.75) is 29.8 Å². The summed E-state index contributed by atoms with van der Waals surface area (Å²) < 4.78 is 37.7. The fourth-order valence-electron chi connectivity index (χ4n) is 5.60. The zero-order valence-corrected chi connectivity index (χ0v) is 24.9. The SMILES string of the molecule is COC(=O)c1ccc(S(=O)(=O)N2CCC(c3n[nH]c4ccc(C(c5ccc(Cl)cc5)c5ccc(Cl)cc5)cc34)CC2)o1. The van der Waals surface area contributed by atoms with E-state index in [1.807, 2.05) is 54.6 Å². The number of aromatic amines is 1. The lowest BCUT2D eigenvalue weighted by Crippen LogP contribution is -2.37. The van der Waals surface area contributed by atoms with E-state index in [0.717, 1.165) is 33.3 Å². The molecule has 0 saturated carbocycles. The summed E-state index contributed by atoms with van der Waals surface area (Å²) in [5.74, 6) is -0.872. The molecule has 0 amide bonds. The van der Waals surface area contributed by atoms with E-state index < -0.39 is 16.0 Å². The van der Waals surface area contributed by atoms with Crippen LogP contribution in [0.3, 0.4) is 0 Å². The predicted octanol–water partition coefficient (Wildman–Crippen LogP) is 7.00. The number of fused-ring (bicyclic) bond motifs is 1. The van der Waals surface area contributed by atoms with Crippen LogP contribution in [0.25, 0.3) is 10.9 Å². The first-order valence-corrected chi connectivity index (χ1v) is 15.6. The number of esters is 1. The topological polar surface area (TPSA) is 106 Å². The van der Waals surface area contributed by atoms with E-state index in [0.29, 0.717) is 36.0 Å². The number of rotatable bonds is 7. The Morgan fingerprint density at radius 3 is 2.12 bits per heavy atom. The summed E-state index contributed by atoms with van der Waals surface area (Å²) in [5, 5.41) is 9.91. The molecule has 3 aromatic carbocycles. The Balaban J connectivity index is 1.27. The van der Waals surface area contributed by atoms with Gasteiger partial charge in [-0.2, -0.15) is 9.40 Å². The van der Waals surface area contributed by atoms with Crippen LogP contribution in [0.5, 0.6) is 0 Å². The summed E-state index contributed by atoms with van der Waals surface area (Å²) in [6.07, 6.45) is 1.18. The van der Waals surface area contributed by atoms with Crippen LogP contribution in [0, 0.1) is 0 Å². The monoisotopic (exact) mass is 623 g/mol. The number of nitrogens with one attached hydrogen (secondary N) is 1. The van der Waals surface area contributed by atoms with E-state index in [-0.39, 0.29) is 22.7 Å². The number of furan rings is 1. The number of benzene rings is 3. The first-order valence-electron chi connectivity index (χ1n) is 13.4. The number of sulfonamides is 1. The molecule has 1 fully saturated rings. The number of carbonyl (C=O) groups excluding carboxylic acids is 1. The van der Waals surface area contributed by atoms with Crippen molar-refractivity contribution in [1.82, 2.24) is 14.5 Å². The molecular formula is C31H27Cl2N3O5S. The molecule has 1 N–H and O–H groups in total. The number of halogens is 2. The molecule has 6 rings (SSSR count). The number of H-pyrrole nitrogens is 1. The van der Waals surface area contributed by atoms with Gasteiger partial charge in [-0.25, -0.2) is 13.2 Å². The van der Waals surface area contributed by atoms with Gasteiger partial charge in [0.2, 0.25) is 10.9 Å².